The summed E-state index contributed by atoms with van der Waals surface area (Å²) in [4.78, 5) is 15.1. The Labute approximate surface area is 123 Å². The van der Waals surface area contributed by atoms with Gasteiger partial charge in [-0.05, 0) is 12.1 Å². The van der Waals surface area contributed by atoms with Crippen molar-refractivity contribution in [3.05, 3.63) is 39.9 Å². The minimum Gasteiger partial charge on any atom is -0.361 e. The number of halogens is 3. The normalized spacial score (nSPS) is 27.5. The molecule has 0 radical (unpaired) electrons. The van der Waals surface area contributed by atoms with Gasteiger partial charge in [-0.3, -0.25) is 15.0 Å². The lowest BCUT2D eigenvalue weighted by Crippen LogP contribution is -2.33. The molecule has 0 saturated carbocycles. The van der Waals surface area contributed by atoms with Crippen LogP contribution in [0.3, 0.4) is 0 Å². The summed E-state index contributed by atoms with van der Waals surface area (Å²) >= 11 is 17.1. The number of aliphatic hydroxyl groups is 1. The summed E-state index contributed by atoms with van der Waals surface area (Å²) < 4.78 is -1.63. The molecule has 2 N–H and O–H groups in total. The van der Waals surface area contributed by atoms with Crippen LogP contribution in [0.1, 0.15) is 12.0 Å². The van der Waals surface area contributed by atoms with Crippen LogP contribution < -0.4 is 5.48 Å². The van der Waals surface area contributed by atoms with Crippen molar-refractivity contribution in [1.82, 2.24) is 5.48 Å². The highest BCUT2D eigenvalue weighted by Crippen LogP contribution is 2.41. The standard InChI is InChI=1S/C10H9Cl3N2O4/c11-10(12,13)8-5-9(16,19-14-8)6-1-3-7(4-2-6)15(17)18/h1-4,8,14,16H,5H2/t8-,9-/m0/s1. The van der Waals surface area contributed by atoms with Gasteiger partial charge >= 0.3 is 0 Å². The van der Waals surface area contributed by atoms with E-state index < -0.39 is 20.5 Å². The zero-order valence-corrected chi connectivity index (χ0v) is 11.6. The van der Waals surface area contributed by atoms with Crippen molar-refractivity contribution >= 4 is 40.5 Å². The molecule has 19 heavy (non-hydrogen) atoms. The molecule has 1 heterocycles. The fraction of sp³-hybridized carbons (Fsp3) is 0.400. The van der Waals surface area contributed by atoms with E-state index in [9.17, 15) is 15.2 Å². The lowest BCUT2D eigenvalue weighted by atomic mass is 10.00. The van der Waals surface area contributed by atoms with E-state index in [1.165, 1.54) is 24.3 Å². The highest BCUT2D eigenvalue weighted by molar-refractivity contribution is 6.68. The smallest absolute Gasteiger partial charge is 0.269 e. The first kappa shape index (κ1) is 14.8. The van der Waals surface area contributed by atoms with Crippen LogP contribution in [0.15, 0.2) is 24.3 Å². The average molecular weight is 328 g/mol. The van der Waals surface area contributed by atoms with E-state index in [1.54, 1.807) is 0 Å². The Kier molecular flexibility index (Phi) is 3.92. The third kappa shape index (κ3) is 3.10. The zero-order chi connectivity index (χ0) is 14.3. The van der Waals surface area contributed by atoms with E-state index in [4.69, 9.17) is 39.6 Å². The second kappa shape index (κ2) is 5.05. The summed E-state index contributed by atoms with van der Waals surface area (Å²) in [5, 5.41) is 20.8. The Balaban J connectivity index is 2.20. The molecule has 0 bridgehead atoms. The molecule has 0 spiro atoms. The molecule has 0 aliphatic carbocycles. The molecule has 9 heteroatoms. The largest absolute Gasteiger partial charge is 0.361 e. The Morgan fingerprint density at radius 1 is 1.42 bits per heavy atom. The second-order valence-corrected chi connectivity index (χ2v) is 6.48. The van der Waals surface area contributed by atoms with Crippen molar-refractivity contribution in [3.8, 4) is 0 Å². The molecule has 104 valence electrons. The maximum atomic E-state index is 10.5. The van der Waals surface area contributed by atoms with Crippen LogP contribution in [-0.2, 0) is 10.6 Å². The fourth-order valence-electron chi connectivity index (χ4n) is 1.73. The first-order chi connectivity index (χ1) is 8.72. The molecule has 1 saturated heterocycles. The maximum absolute atomic E-state index is 10.5. The number of hydroxylamine groups is 1. The number of nitrogens with one attached hydrogen (secondary N) is 1. The van der Waals surface area contributed by atoms with E-state index in [2.05, 4.69) is 5.48 Å². The molecule has 1 aliphatic heterocycles. The van der Waals surface area contributed by atoms with Crippen LogP contribution in [0.2, 0.25) is 0 Å². The molecule has 2 rings (SSSR count). The number of rotatable bonds is 2. The van der Waals surface area contributed by atoms with Crippen molar-refractivity contribution in [2.24, 2.45) is 0 Å². The van der Waals surface area contributed by atoms with Crippen LogP contribution in [0, 0.1) is 10.1 Å². The molecule has 1 aliphatic rings. The number of non-ortho nitro benzene ring substituents is 1. The maximum Gasteiger partial charge on any atom is 0.269 e. The summed E-state index contributed by atoms with van der Waals surface area (Å²) in [6.45, 7) is 0. The van der Waals surface area contributed by atoms with Crippen molar-refractivity contribution in [2.45, 2.75) is 22.0 Å². The van der Waals surface area contributed by atoms with Crippen molar-refractivity contribution in [2.75, 3.05) is 0 Å². The quantitative estimate of drug-likeness (QED) is 0.495. The Morgan fingerprint density at radius 2 is 2.00 bits per heavy atom. The van der Waals surface area contributed by atoms with Crippen LogP contribution in [-0.4, -0.2) is 19.9 Å². The third-order valence-electron chi connectivity index (χ3n) is 2.78. The topological polar surface area (TPSA) is 84.6 Å². The Hall–Kier alpha value is -0.630. The van der Waals surface area contributed by atoms with Gasteiger partial charge in [0.25, 0.3) is 5.69 Å². The Morgan fingerprint density at radius 3 is 2.42 bits per heavy atom. The number of hydrogen-bond acceptors (Lipinski definition) is 5. The lowest BCUT2D eigenvalue weighted by Gasteiger charge is -2.21. The molecule has 0 unspecified atom stereocenters. The van der Waals surface area contributed by atoms with E-state index >= 15 is 0 Å². The Bertz CT molecular complexity index is 491. The molecule has 1 aromatic rings. The van der Waals surface area contributed by atoms with Gasteiger partial charge < -0.3 is 5.11 Å². The fourth-order valence-corrected chi connectivity index (χ4v) is 2.10. The van der Waals surface area contributed by atoms with Crippen LogP contribution >= 0.6 is 34.8 Å². The molecule has 1 fully saturated rings. The first-order valence-corrected chi connectivity index (χ1v) is 6.33. The number of alkyl halides is 3. The highest BCUT2D eigenvalue weighted by Gasteiger charge is 2.48. The van der Waals surface area contributed by atoms with Gasteiger partial charge in [0.05, 0.1) is 11.0 Å². The SMILES string of the molecule is O=[N+]([O-])c1ccc([C@]2(O)C[C@@H](C(Cl)(Cl)Cl)NO2)cc1. The average Bonchev–Trinajstić information content (AvgIpc) is 2.73. The number of nitrogens with zero attached hydrogens (tertiary/aromatic N) is 1. The van der Waals surface area contributed by atoms with Gasteiger partial charge in [-0.1, -0.05) is 34.8 Å². The van der Waals surface area contributed by atoms with Gasteiger partial charge in [0.2, 0.25) is 9.58 Å². The number of hydrogen-bond donors (Lipinski definition) is 2. The summed E-state index contributed by atoms with van der Waals surface area (Å²) in [6.07, 6.45) is 0.00130. The molecular weight excluding hydrogens is 318 g/mol. The molecule has 6 nitrogen and oxygen atoms in total. The van der Waals surface area contributed by atoms with E-state index in [0.717, 1.165) is 0 Å². The van der Waals surface area contributed by atoms with Gasteiger partial charge in [0, 0.05) is 24.1 Å². The van der Waals surface area contributed by atoms with Crippen LogP contribution in [0.4, 0.5) is 5.69 Å². The lowest BCUT2D eigenvalue weighted by molar-refractivity contribution is -0.384. The molecule has 1 aromatic carbocycles. The van der Waals surface area contributed by atoms with Crippen LogP contribution in [0.5, 0.6) is 0 Å². The number of benzene rings is 1. The second-order valence-electron chi connectivity index (χ2n) is 4.11. The molecule has 0 amide bonds. The van der Waals surface area contributed by atoms with E-state index in [-0.39, 0.29) is 12.1 Å². The first-order valence-electron chi connectivity index (χ1n) is 5.20. The number of nitro groups is 1. The molecule has 2 atom stereocenters. The van der Waals surface area contributed by atoms with Gasteiger partial charge in [0.15, 0.2) is 0 Å². The van der Waals surface area contributed by atoms with Gasteiger partial charge in [0.1, 0.15) is 0 Å². The van der Waals surface area contributed by atoms with Crippen molar-refractivity contribution < 1.29 is 14.9 Å². The van der Waals surface area contributed by atoms with Gasteiger partial charge in [-0.15, -0.1) is 0 Å². The van der Waals surface area contributed by atoms with Crippen LogP contribution in [0.25, 0.3) is 0 Å². The van der Waals surface area contributed by atoms with Gasteiger partial charge in [-0.2, -0.15) is 5.48 Å². The predicted molar refractivity (Wildman–Crippen MR) is 69.9 cm³/mol. The summed E-state index contributed by atoms with van der Waals surface area (Å²) in [7, 11) is 0. The van der Waals surface area contributed by atoms with E-state index in [1.807, 2.05) is 0 Å². The molecule has 0 aromatic heterocycles. The molecular formula is C10H9Cl3N2O4. The van der Waals surface area contributed by atoms with E-state index in [0.29, 0.717) is 5.56 Å². The third-order valence-corrected chi connectivity index (χ3v) is 3.57. The van der Waals surface area contributed by atoms with Crippen molar-refractivity contribution in [1.29, 1.82) is 0 Å². The summed E-state index contributed by atoms with van der Waals surface area (Å²) in [5.74, 6) is -1.69. The summed E-state index contributed by atoms with van der Waals surface area (Å²) in [6, 6.07) is 4.61. The van der Waals surface area contributed by atoms with Crippen molar-refractivity contribution in [3.63, 3.8) is 0 Å². The minimum atomic E-state index is -1.69. The zero-order valence-electron chi connectivity index (χ0n) is 9.35. The monoisotopic (exact) mass is 326 g/mol. The predicted octanol–water partition coefficient (Wildman–Crippen LogP) is 2.40. The van der Waals surface area contributed by atoms with Gasteiger partial charge in [-0.25, -0.2) is 0 Å². The number of nitro benzene ring substituents is 1. The summed E-state index contributed by atoms with van der Waals surface area (Å²) in [5.41, 5.74) is 2.69. The minimum absolute atomic E-state index is 0.00130. The highest BCUT2D eigenvalue weighted by atomic mass is 35.6.